The summed E-state index contributed by atoms with van der Waals surface area (Å²) >= 11 is 6.25. The number of hydrogen-bond donors (Lipinski definition) is 2. The van der Waals surface area contributed by atoms with Crippen molar-refractivity contribution in [3.05, 3.63) is 17.2 Å². The number of halogens is 1. The lowest BCUT2D eigenvalue weighted by molar-refractivity contribution is 0.0526. The maximum Gasteiger partial charge on any atom is 0.407 e. The second-order valence-electron chi connectivity index (χ2n) is 6.40. The molecule has 1 unspecified atom stereocenters. The van der Waals surface area contributed by atoms with Gasteiger partial charge in [0.25, 0.3) is 0 Å². The number of benzene rings is 1. The van der Waals surface area contributed by atoms with E-state index in [1.54, 1.807) is 12.1 Å². The maximum atomic E-state index is 11.7. The molecule has 0 spiro atoms. The van der Waals surface area contributed by atoms with Crippen molar-refractivity contribution in [3.63, 3.8) is 0 Å². The zero-order chi connectivity index (χ0) is 17.0. The number of carbonyl (C=O) groups is 1. The van der Waals surface area contributed by atoms with Crippen LogP contribution >= 0.6 is 11.6 Å². The van der Waals surface area contributed by atoms with E-state index in [9.17, 15) is 4.79 Å². The van der Waals surface area contributed by atoms with Gasteiger partial charge in [0.2, 0.25) is 0 Å². The van der Waals surface area contributed by atoms with E-state index in [1.807, 2.05) is 27.7 Å². The summed E-state index contributed by atoms with van der Waals surface area (Å²) in [6.07, 6.45) is -0.445. The van der Waals surface area contributed by atoms with Crippen LogP contribution in [0.25, 0.3) is 0 Å². The molecular formula is C16H23ClN2O4. The Hall–Kier alpha value is -1.82. The standard InChI is InChI=1S/C16H23ClN2O4/c1-10(9-18-15(20)23-16(2,3)4)19-12-8-14-13(7-11(12)17)21-5-6-22-14/h7-8,10,19H,5-6,9H2,1-4H3,(H,18,20). The number of fused-ring (bicyclic) bond motifs is 1. The van der Waals surface area contributed by atoms with Crippen molar-refractivity contribution < 1.29 is 19.0 Å². The van der Waals surface area contributed by atoms with Gasteiger partial charge in [-0.3, -0.25) is 0 Å². The molecular weight excluding hydrogens is 320 g/mol. The van der Waals surface area contributed by atoms with Crippen LogP contribution in [0.5, 0.6) is 11.5 Å². The van der Waals surface area contributed by atoms with Crippen LogP contribution in [-0.2, 0) is 4.74 Å². The number of amides is 1. The zero-order valence-corrected chi connectivity index (χ0v) is 14.6. The van der Waals surface area contributed by atoms with Gasteiger partial charge in [0.15, 0.2) is 11.5 Å². The Morgan fingerprint density at radius 1 is 1.30 bits per heavy atom. The van der Waals surface area contributed by atoms with Crippen molar-refractivity contribution in [2.24, 2.45) is 0 Å². The van der Waals surface area contributed by atoms with Gasteiger partial charge in [-0.1, -0.05) is 11.6 Å². The molecule has 1 aromatic carbocycles. The Kier molecular flexibility index (Phi) is 5.46. The van der Waals surface area contributed by atoms with Gasteiger partial charge in [-0.15, -0.1) is 0 Å². The third-order valence-corrected chi connectivity index (χ3v) is 3.30. The molecule has 7 heteroatoms. The molecule has 2 N–H and O–H groups in total. The highest BCUT2D eigenvalue weighted by Gasteiger charge is 2.18. The first-order chi connectivity index (χ1) is 10.7. The molecule has 0 saturated carbocycles. The largest absolute Gasteiger partial charge is 0.486 e. The van der Waals surface area contributed by atoms with Gasteiger partial charge in [-0.05, 0) is 27.7 Å². The van der Waals surface area contributed by atoms with Crippen molar-refractivity contribution in [1.82, 2.24) is 5.32 Å². The van der Waals surface area contributed by atoms with Gasteiger partial charge in [0.05, 0.1) is 10.7 Å². The van der Waals surface area contributed by atoms with Gasteiger partial charge < -0.3 is 24.8 Å². The third-order valence-electron chi connectivity index (χ3n) is 2.99. The van der Waals surface area contributed by atoms with Crippen LogP contribution in [0, 0.1) is 0 Å². The average molecular weight is 343 g/mol. The molecule has 1 atom stereocenters. The Morgan fingerprint density at radius 2 is 1.91 bits per heavy atom. The molecule has 23 heavy (non-hydrogen) atoms. The second-order valence-corrected chi connectivity index (χ2v) is 6.81. The predicted octanol–water partition coefficient (Wildman–Crippen LogP) is 3.44. The molecule has 128 valence electrons. The minimum absolute atomic E-state index is 0.0393. The molecule has 2 rings (SSSR count). The molecule has 6 nitrogen and oxygen atoms in total. The zero-order valence-electron chi connectivity index (χ0n) is 13.9. The molecule has 1 aliphatic rings. The number of carbonyl (C=O) groups excluding carboxylic acids is 1. The van der Waals surface area contributed by atoms with Crippen molar-refractivity contribution in [2.75, 3.05) is 25.1 Å². The fourth-order valence-corrected chi connectivity index (χ4v) is 2.25. The number of anilines is 1. The molecule has 0 saturated heterocycles. The van der Waals surface area contributed by atoms with Gasteiger partial charge in [0, 0.05) is 24.7 Å². The van der Waals surface area contributed by atoms with Crippen molar-refractivity contribution in [3.8, 4) is 11.5 Å². The molecule has 0 aliphatic carbocycles. The molecule has 0 radical (unpaired) electrons. The van der Waals surface area contributed by atoms with Crippen LogP contribution in [0.4, 0.5) is 10.5 Å². The number of ether oxygens (including phenoxy) is 3. The first-order valence-electron chi connectivity index (χ1n) is 7.57. The lowest BCUT2D eigenvalue weighted by Gasteiger charge is -2.23. The van der Waals surface area contributed by atoms with E-state index in [-0.39, 0.29) is 6.04 Å². The van der Waals surface area contributed by atoms with Crippen LogP contribution in [0.3, 0.4) is 0 Å². The lowest BCUT2D eigenvalue weighted by Crippen LogP contribution is -2.38. The summed E-state index contributed by atoms with van der Waals surface area (Å²) in [5.41, 5.74) is 0.217. The van der Waals surface area contributed by atoms with E-state index in [0.29, 0.717) is 36.3 Å². The van der Waals surface area contributed by atoms with Gasteiger partial charge in [-0.2, -0.15) is 0 Å². The highest BCUT2D eigenvalue weighted by molar-refractivity contribution is 6.33. The fraction of sp³-hybridized carbons (Fsp3) is 0.562. The lowest BCUT2D eigenvalue weighted by atomic mass is 10.2. The van der Waals surface area contributed by atoms with Crippen molar-refractivity contribution in [2.45, 2.75) is 39.3 Å². The van der Waals surface area contributed by atoms with E-state index in [0.717, 1.165) is 5.69 Å². The monoisotopic (exact) mass is 342 g/mol. The number of rotatable bonds is 4. The van der Waals surface area contributed by atoms with Gasteiger partial charge >= 0.3 is 6.09 Å². The SMILES string of the molecule is CC(CNC(=O)OC(C)(C)C)Nc1cc2c(cc1Cl)OCCO2. The third kappa shape index (κ3) is 5.39. The maximum absolute atomic E-state index is 11.7. The summed E-state index contributed by atoms with van der Waals surface area (Å²) < 4.78 is 16.2. The number of hydrogen-bond acceptors (Lipinski definition) is 5. The summed E-state index contributed by atoms with van der Waals surface area (Å²) in [4.78, 5) is 11.7. The Balaban J connectivity index is 1.90. The second kappa shape index (κ2) is 7.17. The smallest absolute Gasteiger partial charge is 0.407 e. The number of alkyl carbamates (subject to hydrolysis) is 1. The Morgan fingerprint density at radius 3 is 2.52 bits per heavy atom. The summed E-state index contributed by atoms with van der Waals surface area (Å²) in [7, 11) is 0. The van der Waals surface area contributed by atoms with E-state index >= 15 is 0 Å². The molecule has 1 heterocycles. The molecule has 1 amide bonds. The molecule has 1 aromatic rings. The van der Waals surface area contributed by atoms with E-state index in [2.05, 4.69) is 10.6 Å². The topological polar surface area (TPSA) is 68.8 Å². The first kappa shape index (κ1) is 17.5. The Labute approximate surface area is 141 Å². The minimum atomic E-state index is -0.514. The molecule has 1 aliphatic heterocycles. The van der Waals surface area contributed by atoms with E-state index in [4.69, 9.17) is 25.8 Å². The van der Waals surface area contributed by atoms with Crippen LogP contribution in [-0.4, -0.2) is 37.5 Å². The van der Waals surface area contributed by atoms with Crippen LogP contribution in [0.1, 0.15) is 27.7 Å². The molecule has 0 aromatic heterocycles. The molecule has 0 fully saturated rings. The highest BCUT2D eigenvalue weighted by Crippen LogP contribution is 2.38. The average Bonchev–Trinajstić information content (AvgIpc) is 2.44. The predicted molar refractivity (Wildman–Crippen MR) is 89.8 cm³/mol. The van der Waals surface area contributed by atoms with Crippen LogP contribution in [0.15, 0.2) is 12.1 Å². The summed E-state index contributed by atoms with van der Waals surface area (Å²) in [6, 6.07) is 3.50. The van der Waals surface area contributed by atoms with Crippen molar-refractivity contribution >= 4 is 23.4 Å². The quantitative estimate of drug-likeness (QED) is 0.877. The summed E-state index contributed by atoms with van der Waals surface area (Å²) in [5.74, 6) is 1.31. The van der Waals surface area contributed by atoms with Crippen molar-refractivity contribution in [1.29, 1.82) is 0 Å². The first-order valence-corrected chi connectivity index (χ1v) is 7.95. The normalized spacial score (nSPS) is 14.8. The van der Waals surface area contributed by atoms with E-state index in [1.165, 1.54) is 0 Å². The Bertz CT molecular complexity index is 572. The summed E-state index contributed by atoms with van der Waals surface area (Å²) in [6.45, 7) is 8.84. The highest BCUT2D eigenvalue weighted by atomic mass is 35.5. The summed E-state index contributed by atoms with van der Waals surface area (Å²) in [5, 5.41) is 6.50. The molecule has 0 bridgehead atoms. The van der Waals surface area contributed by atoms with E-state index < -0.39 is 11.7 Å². The number of nitrogens with one attached hydrogen (secondary N) is 2. The minimum Gasteiger partial charge on any atom is -0.486 e. The van der Waals surface area contributed by atoms with Crippen LogP contribution in [0.2, 0.25) is 5.02 Å². The van der Waals surface area contributed by atoms with Crippen LogP contribution < -0.4 is 20.1 Å². The van der Waals surface area contributed by atoms with Gasteiger partial charge in [0.1, 0.15) is 18.8 Å². The fourth-order valence-electron chi connectivity index (χ4n) is 2.04. The van der Waals surface area contributed by atoms with Gasteiger partial charge in [-0.25, -0.2) is 4.79 Å².